The molecule has 2 aliphatic heterocycles. The predicted octanol–water partition coefficient (Wildman–Crippen LogP) is 4.26. The fourth-order valence-corrected chi connectivity index (χ4v) is 5.96. The highest BCUT2D eigenvalue weighted by molar-refractivity contribution is 7.92. The fourth-order valence-electron chi connectivity index (χ4n) is 5.40. The van der Waals surface area contributed by atoms with Crippen LogP contribution in [0.2, 0.25) is 0 Å². The van der Waals surface area contributed by atoms with Gasteiger partial charge in [-0.2, -0.15) is 0 Å². The van der Waals surface area contributed by atoms with Gasteiger partial charge < -0.3 is 10.0 Å². The van der Waals surface area contributed by atoms with Crippen LogP contribution >= 0.6 is 0 Å². The van der Waals surface area contributed by atoms with E-state index in [9.17, 15) is 31.5 Å². The molecule has 2 aromatic rings. The maximum atomic E-state index is 12.5. The summed E-state index contributed by atoms with van der Waals surface area (Å²) < 4.78 is 62.6. The second-order valence-electron chi connectivity index (χ2n) is 10.5. The minimum Gasteiger partial charge on any atom is -0.395 e. The molecule has 0 saturated carbocycles. The number of aliphatic hydroxyl groups excluding tert-OH is 1. The van der Waals surface area contributed by atoms with E-state index in [-0.39, 0.29) is 12.2 Å². The van der Waals surface area contributed by atoms with Crippen molar-refractivity contribution in [1.29, 1.82) is 0 Å². The lowest BCUT2D eigenvalue weighted by atomic mass is 9.85. The van der Waals surface area contributed by atoms with E-state index >= 15 is 0 Å². The van der Waals surface area contributed by atoms with Gasteiger partial charge in [0, 0.05) is 11.7 Å². The van der Waals surface area contributed by atoms with Crippen molar-refractivity contribution in [3.63, 3.8) is 0 Å². The first kappa shape index (κ1) is 31.8. The Balaban J connectivity index is 0.000000285. The second-order valence-corrected chi connectivity index (χ2v) is 12.2. The number of piperidine rings is 2. The van der Waals surface area contributed by atoms with Gasteiger partial charge in [-0.05, 0) is 112 Å². The number of benzene rings is 2. The summed E-state index contributed by atoms with van der Waals surface area (Å²) in [5, 5.41) is 9.99. The molecule has 11 heteroatoms. The maximum Gasteiger partial charge on any atom is 0.229 e. The number of nitrogens with zero attached hydrogens (tertiary/aromatic N) is 2. The molecule has 7 nitrogen and oxygen atoms in total. The minimum atomic E-state index is -3.23. The van der Waals surface area contributed by atoms with Gasteiger partial charge in [0.1, 0.15) is 6.29 Å². The smallest absolute Gasteiger partial charge is 0.229 e. The Kier molecular flexibility index (Phi) is 11.7. The summed E-state index contributed by atoms with van der Waals surface area (Å²) in [5.74, 6) is -2.95. The summed E-state index contributed by atoms with van der Waals surface area (Å²) >= 11 is 0. The van der Waals surface area contributed by atoms with Crippen LogP contribution < -0.4 is 4.72 Å². The van der Waals surface area contributed by atoms with Crippen LogP contribution in [0, 0.1) is 23.4 Å². The molecule has 220 valence electrons. The zero-order valence-corrected chi connectivity index (χ0v) is 23.7. The van der Waals surface area contributed by atoms with Gasteiger partial charge in [0.05, 0.1) is 12.9 Å². The largest absolute Gasteiger partial charge is 0.395 e. The third kappa shape index (κ3) is 9.43. The number of allylic oxidation sites excluding steroid dienone is 1. The molecule has 2 heterocycles. The first-order valence-electron chi connectivity index (χ1n) is 13.4. The van der Waals surface area contributed by atoms with Gasteiger partial charge in [-0.3, -0.25) is 14.4 Å². The Hall–Kier alpha value is -2.73. The number of halogens is 3. The van der Waals surface area contributed by atoms with E-state index in [2.05, 4.69) is 21.6 Å². The fraction of sp³-hybridized carbons (Fsp3) is 0.483. The Morgan fingerprint density at radius 3 is 2.08 bits per heavy atom. The number of aldehydes is 1. The van der Waals surface area contributed by atoms with Crippen LogP contribution in [0.5, 0.6) is 0 Å². The third-order valence-electron chi connectivity index (χ3n) is 7.55. The van der Waals surface area contributed by atoms with Crippen molar-refractivity contribution < 1.29 is 31.5 Å². The first-order chi connectivity index (χ1) is 19.0. The number of nitrogens with one attached hydrogen (secondary N) is 1. The van der Waals surface area contributed by atoms with E-state index in [4.69, 9.17) is 0 Å². The molecule has 1 unspecified atom stereocenters. The third-order valence-corrected chi connectivity index (χ3v) is 8.16. The molecule has 4 rings (SSSR count). The van der Waals surface area contributed by atoms with Crippen LogP contribution in [0.4, 0.5) is 18.9 Å². The molecule has 2 N–H and O–H groups in total. The number of carbonyl (C=O) groups excluding carboxylic acids is 1. The van der Waals surface area contributed by atoms with Gasteiger partial charge >= 0.3 is 0 Å². The summed E-state index contributed by atoms with van der Waals surface area (Å²) in [5.41, 5.74) is 1.98. The van der Waals surface area contributed by atoms with Crippen molar-refractivity contribution in [2.24, 2.45) is 5.92 Å². The summed E-state index contributed by atoms with van der Waals surface area (Å²) in [7, 11) is -1.06. The highest BCUT2D eigenvalue weighted by Crippen LogP contribution is 2.32. The number of hydrogen-bond donors (Lipinski definition) is 2. The molecule has 2 saturated heterocycles. The molecule has 0 bridgehead atoms. The number of hydrogen-bond acceptors (Lipinski definition) is 6. The molecule has 1 atom stereocenters. The van der Waals surface area contributed by atoms with Crippen molar-refractivity contribution in [2.75, 3.05) is 50.8 Å². The molecule has 0 aliphatic carbocycles. The standard InChI is InChI=1S/C20H33N3O3S.C9H5F3O/c1-22-11-7-18(8-12-22)20(15-24)23-13-9-17(10-14-23)16-3-5-19(6-4-16)21-27(2,25)26;10-7-4-6(2-1-3-13)5-8(11)9(7)12/h3-6,17-18,20-21,24H,7-15H2,1-2H3;1-5H/b;2-1+. The molecule has 40 heavy (non-hydrogen) atoms. The van der Waals surface area contributed by atoms with Crippen LogP contribution in [-0.2, 0) is 14.8 Å². The Morgan fingerprint density at radius 1 is 1.00 bits per heavy atom. The van der Waals surface area contributed by atoms with E-state index < -0.39 is 27.5 Å². The van der Waals surface area contributed by atoms with Crippen molar-refractivity contribution >= 4 is 28.1 Å². The first-order valence-corrected chi connectivity index (χ1v) is 15.3. The topological polar surface area (TPSA) is 89.9 Å². The van der Waals surface area contributed by atoms with Crippen molar-refractivity contribution in [3.8, 4) is 0 Å². The monoisotopic (exact) mass is 581 g/mol. The Labute approximate surface area is 234 Å². The number of aliphatic hydroxyl groups is 1. The van der Waals surface area contributed by atoms with Crippen molar-refractivity contribution in [2.45, 2.75) is 37.6 Å². The van der Waals surface area contributed by atoms with E-state index in [0.717, 1.165) is 57.2 Å². The molecule has 2 fully saturated rings. The molecular weight excluding hydrogens is 543 g/mol. The van der Waals surface area contributed by atoms with Gasteiger partial charge in [-0.1, -0.05) is 18.2 Å². The number of rotatable bonds is 8. The minimum absolute atomic E-state index is 0.100. The van der Waals surface area contributed by atoms with E-state index in [1.807, 2.05) is 24.3 Å². The quantitative estimate of drug-likeness (QED) is 0.275. The molecule has 0 radical (unpaired) electrons. The molecule has 0 amide bonds. The van der Waals surface area contributed by atoms with Gasteiger partial charge in [-0.25, -0.2) is 21.6 Å². The molecule has 0 aromatic heterocycles. The van der Waals surface area contributed by atoms with Crippen LogP contribution in [0.25, 0.3) is 6.08 Å². The number of carbonyl (C=O) groups is 1. The maximum absolute atomic E-state index is 12.5. The lowest BCUT2D eigenvalue weighted by Gasteiger charge is -2.42. The lowest BCUT2D eigenvalue weighted by molar-refractivity contribution is -0.104. The van der Waals surface area contributed by atoms with Crippen molar-refractivity contribution in [3.05, 3.63) is 71.1 Å². The van der Waals surface area contributed by atoms with Crippen LogP contribution in [-0.4, -0.2) is 81.7 Å². The number of sulfonamides is 1. The average Bonchev–Trinajstić information content (AvgIpc) is 2.92. The summed E-state index contributed by atoms with van der Waals surface area (Å²) in [6, 6.07) is 9.66. The van der Waals surface area contributed by atoms with Gasteiger partial charge in [0.25, 0.3) is 0 Å². The molecular formula is C29H38F3N3O4S. The molecule has 2 aromatic carbocycles. The van der Waals surface area contributed by atoms with Gasteiger partial charge in [-0.15, -0.1) is 0 Å². The Morgan fingerprint density at radius 2 is 1.57 bits per heavy atom. The lowest BCUT2D eigenvalue weighted by Crippen LogP contribution is -2.49. The van der Waals surface area contributed by atoms with E-state index in [1.54, 1.807) is 0 Å². The normalized spacial score (nSPS) is 18.8. The number of anilines is 1. The zero-order valence-electron chi connectivity index (χ0n) is 22.9. The number of likely N-dealkylation sites (tertiary alicyclic amines) is 2. The Bertz CT molecular complexity index is 1220. The highest BCUT2D eigenvalue weighted by atomic mass is 32.2. The summed E-state index contributed by atoms with van der Waals surface area (Å²) in [6.45, 7) is 4.55. The zero-order chi connectivity index (χ0) is 29.3. The molecule has 0 spiro atoms. The van der Waals surface area contributed by atoms with E-state index in [0.29, 0.717) is 29.9 Å². The summed E-state index contributed by atoms with van der Waals surface area (Å²) in [6.07, 6.45) is 8.39. The SMILES string of the molecule is CN1CCC(C(CO)N2CCC(c3ccc(NS(C)(=O)=O)cc3)CC2)CC1.O=C/C=C/c1cc(F)c(F)c(F)c1. The average molecular weight is 582 g/mol. The van der Waals surface area contributed by atoms with Crippen LogP contribution in [0.1, 0.15) is 42.7 Å². The highest BCUT2D eigenvalue weighted by Gasteiger charge is 2.32. The van der Waals surface area contributed by atoms with Gasteiger partial charge in [0.2, 0.25) is 10.0 Å². The predicted molar refractivity (Wildman–Crippen MR) is 151 cm³/mol. The second kappa shape index (κ2) is 14.8. The summed E-state index contributed by atoms with van der Waals surface area (Å²) in [4.78, 5) is 14.7. The molecule has 2 aliphatic rings. The van der Waals surface area contributed by atoms with Gasteiger partial charge in [0.15, 0.2) is 17.5 Å². The van der Waals surface area contributed by atoms with Crippen molar-refractivity contribution in [1.82, 2.24) is 9.80 Å². The van der Waals surface area contributed by atoms with Crippen LogP contribution in [0.3, 0.4) is 0 Å². The van der Waals surface area contributed by atoms with E-state index in [1.165, 1.54) is 30.7 Å². The van der Waals surface area contributed by atoms with Crippen LogP contribution in [0.15, 0.2) is 42.5 Å².